The molecule has 3 atom stereocenters. The highest BCUT2D eigenvalue weighted by atomic mass is 16.1. The van der Waals surface area contributed by atoms with Crippen LogP contribution < -0.4 is 10.6 Å². The van der Waals surface area contributed by atoms with E-state index in [9.17, 15) is 4.79 Å². The Labute approximate surface area is 180 Å². The summed E-state index contributed by atoms with van der Waals surface area (Å²) in [4.78, 5) is 19.1. The molecule has 2 aliphatic rings. The normalized spacial score (nSPS) is 23.8. The van der Waals surface area contributed by atoms with Crippen molar-refractivity contribution < 1.29 is 4.79 Å². The molecule has 2 fully saturated rings. The van der Waals surface area contributed by atoms with Crippen molar-refractivity contribution >= 4 is 5.91 Å². The summed E-state index contributed by atoms with van der Waals surface area (Å²) >= 11 is 0. The number of aromatic nitrogens is 1. The van der Waals surface area contributed by atoms with Crippen molar-refractivity contribution in [2.45, 2.75) is 44.7 Å². The van der Waals surface area contributed by atoms with Crippen LogP contribution in [0.1, 0.15) is 36.8 Å². The summed E-state index contributed by atoms with van der Waals surface area (Å²) in [5.74, 6) is 1.62. The SMILES string of the molecule is O=C(CCC[C@H]1NCC2CC1CN(Cc1cccnc1)C2)NCCc1ccccc1. The second-order valence-corrected chi connectivity index (χ2v) is 8.91. The van der Waals surface area contributed by atoms with E-state index in [0.717, 1.165) is 51.4 Å². The van der Waals surface area contributed by atoms with Gasteiger partial charge in [0.1, 0.15) is 0 Å². The van der Waals surface area contributed by atoms with Crippen LogP contribution in [0.2, 0.25) is 0 Å². The van der Waals surface area contributed by atoms with Gasteiger partial charge in [-0.25, -0.2) is 0 Å². The zero-order valence-corrected chi connectivity index (χ0v) is 17.8. The third-order valence-electron chi connectivity index (χ3n) is 6.51. The molecule has 1 aromatic carbocycles. The number of hydrogen-bond donors (Lipinski definition) is 2. The van der Waals surface area contributed by atoms with Crippen LogP contribution in [0.5, 0.6) is 0 Å². The largest absolute Gasteiger partial charge is 0.356 e. The molecular weight excluding hydrogens is 372 g/mol. The number of nitrogens with one attached hydrogen (secondary N) is 2. The minimum absolute atomic E-state index is 0.182. The Morgan fingerprint density at radius 3 is 2.83 bits per heavy atom. The van der Waals surface area contributed by atoms with Crippen molar-refractivity contribution in [3.8, 4) is 0 Å². The Kier molecular flexibility index (Phi) is 7.49. The second kappa shape index (κ2) is 10.7. The molecule has 1 aromatic heterocycles. The third-order valence-corrected chi connectivity index (χ3v) is 6.51. The van der Waals surface area contributed by atoms with Gasteiger partial charge >= 0.3 is 0 Å². The first-order chi connectivity index (χ1) is 14.8. The summed E-state index contributed by atoms with van der Waals surface area (Å²) in [6.45, 7) is 5.14. The zero-order chi connectivity index (χ0) is 20.6. The van der Waals surface area contributed by atoms with E-state index in [1.54, 1.807) is 0 Å². The summed E-state index contributed by atoms with van der Waals surface area (Å²) in [6, 6.07) is 15.1. The van der Waals surface area contributed by atoms with Gasteiger partial charge in [0.15, 0.2) is 0 Å². The fraction of sp³-hybridized carbons (Fsp3) is 0.520. The minimum Gasteiger partial charge on any atom is -0.356 e. The van der Waals surface area contributed by atoms with Gasteiger partial charge in [-0.3, -0.25) is 14.7 Å². The molecule has 5 heteroatoms. The molecule has 30 heavy (non-hydrogen) atoms. The van der Waals surface area contributed by atoms with Gasteiger partial charge in [0.05, 0.1) is 0 Å². The topological polar surface area (TPSA) is 57.3 Å². The van der Waals surface area contributed by atoms with Crippen LogP contribution in [0.15, 0.2) is 54.9 Å². The van der Waals surface area contributed by atoms with Crippen LogP contribution >= 0.6 is 0 Å². The molecule has 2 aromatic rings. The van der Waals surface area contributed by atoms with Gasteiger partial charge in [0, 0.05) is 51.0 Å². The summed E-state index contributed by atoms with van der Waals surface area (Å²) < 4.78 is 0. The van der Waals surface area contributed by atoms with E-state index >= 15 is 0 Å². The van der Waals surface area contributed by atoms with Gasteiger partial charge in [0.25, 0.3) is 0 Å². The number of carbonyl (C=O) groups excluding carboxylic acids is 1. The van der Waals surface area contributed by atoms with Gasteiger partial charge in [-0.05, 0) is 61.3 Å². The Hall–Kier alpha value is -2.24. The molecule has 2 unspecified atom stereocenters. The summed E-state index contributed by atoms with van der Waals surface area (Å²) in [6.07, 6.45) is 8.71. The lowest BCUT2D eigenvalue weighted by Crippen LogP contribution is -2.55. The van der Waals surface area contributed by atoms with E-state index in [1.165, 1.54) is 24.1 Å². The molecule has 2 N–H and O–H groups in total. The molecule has 5 nitrogen and oxygen atoms in total. The number of likely N-dealkylation sites (tertiary alicyclic amines) is 1. The van der Waals surface area contributed by atoms with Gasteiger partial charge in [-0.1, -0.05) is 36.4 Å². The van der Waals surface area contributed by atoms with Crippen molar-refractivity contribution in [3.63, 3.8) is 0 Å². The summed E-state index contributed by atoms with van der Waals surface area (Å²) in [7, 11) is 0. The number of pyridine rings is 1. The van der Waals surface area contributed by atoms with Crippen molar-refractivity contribution in [1.29, 1.82) is 0 Å². The average Bonchev–Trinajstić information content (AvgIpc) is 2.77. The molecule has 2 aliphatic heterocycles. The Bertz CT molecular complexity index is 782. The zero-order valence-electron chi connectivity index (χ0n) is 17.8. The molecule has 160 valence electrons. The van der Waals surface area contributed by atoms with Gasteiger partial charge in [0.2, 0.25) is 5.91 Å². The standard InChI is InChI=1S/C25H34N4O/c30-25(27-13-11-20-6-2-1-3-7-20)10-4-9-24-23-14-22(16-28-24)18-29(19-23)17-21-8-5-12-26-15-21/h1-3,5-8,12,15,22-24,28H,4,9-11,13-14,16-19H2,(H,27,30)/t22?,23?,24-/m1/s1. The summed E-state index contributed by atoms with van der Waals surface area (Å²) in [5, 5.41) is 6.85. The van der Waals surface area contributed by atoms with Crippen LogP contribution in [0.3, 0.4) is 0 Å². The lowest BCUT2D eigenvalue weighted by molar-refractivity contribution is -0.121. The fourth-order valence-corrected chi connectivity index (χ4v) is 5.05. The fourth-order valence-electron chi connectivity index (χ4n) is 5.05. The van der Waals surface area contributed by atoms with Crippen LogP contribution in [-0.2, 0) is 17.8 Å². The Morgan fingerprint density at radius 2 is 2.00 bits per heavy atom. The first-order valence-corrected chi connectivity index (χ1v) is 11.4. The number of benzene rings is 1. The predicted molar refractivity (Wildman–Crippen MR) is 120 cm³/mol. The maximum atomic E-state index is 12.2. The molecule has 3 heterocycles. The van der Waals surface area contributed by atoms with Crippen molar-refractivity contribution in [2.75, 3.05) is 26.2 Å². The highest BCUT2D eigenvalue weighted by Gasteiger charge is 2.36. The second-order valence-electron chi connectivity index (χ2n) is 8.91. The van der Waals surface area contributed by atoms with Gasteiger partial charge in [-0.15, -0.1) is 0 Å². The van der Waals surface area contributed by atoms with E-state index in [-0.39, 0.29) is 5.91 Å². The van der Waals surface area contributed by atoms with E-state index in [1.807, 2.05) is 36.7 Å². The van der Waals surface area contributed by atoms with E-state index < -0.39 is 0 Å². The van der Waals surface area contributed by atoms with Crippen LogP contribution in [0.25, 0.3) is 0 Å². The molecule has 2 saturated heterocycles. The molecule has 4 rings (SSSR count). The first kappa shape index (κ1) is 21.0. The number of rotatable bonds is 9. The molecule has 0 spiro atoms. The number of nitrogens with zero attached hydrogens (tertiary/aromatic N) is 2. The first-order valence-electron chi connectivity index (χ1n) is 11.4. The van der Waals surface area contributed by atoms with Crippen molar-refractivity contribution in [2.24, 2.45) is 11.8 Å². The van der Waals surface area contributed by atoms with E-state index in [2.05, 4.69) is 38.7 Å². The number of hydrogen-bond acceptors (Lipinski definition) is 4. The monoisotopic (exact) mass is 406 g/mol. The number of carbonyl (C=O) groups is 1. The van der Waals surface area contributed by atoms with Crippen LogP contribution in [-0.4, -0.2) is 48.0 Å². The average molecular weight is 407 g/mol. The van der Waals surface area contributed by atoms with E-state index in [0.29, 0.717) is 18.4 Å². The molecule has 2 bridgehead atoms. The molecule has 0 radical (unpaired) electrons. The third kappa shape index (κ3) is 6.13. The molecular formula is C25H34N4O. The smallest absolute Gasteiger partial charge is 0.220 e. The highest BCUT2D eigenvalue weighted by Crippen LogP contribution is 2.31. The Balaban J connectivity index is 1.16. The quantitative estimate of drug-likeness (QED) is 0.672. The van der Waals surface area contributed by atoms with Crippen LogP contribution in [0.4, 0.5) is 0 Å². The van der Waals surface area contributed by atoms with Gasteiger partial charge < -0.3 is 10.6 Å². The number of amides is 1. The maximum absolute atomic E-state index is 12.2. The summed E-state index contributed by atoms with van der Waals surface area (Å²) in [5.41, 5.74) is 2.57. The predicted octanol–water partition coefficient (Wildman–Crippen LogP) is 3.02. The molecule has 1 amide bonds. The maximum Gasteiger partial charge on any atom is 0.220 e. The van der Waals surface area contributed by atoms with Crippen LogP contribution in [0, 0.1) is 11.8 Å². The minimum atomic E-state index is 0.182. The van der Waals surface area contributed by atoms with Crippen molar-refractivity contribution in [3.05, 3.63) is 66.0 Å². The lowest BCUT2D eigenvalue weighted by atomic mass is 9.79. The highest BCUT2D eigenvalue weighted by molar-refractivity contribution is 5.75. The number of piperidine rings is 2. The molecule has 0 saturated carbocycles. The lowest BCUT2D eigenvalue weighted by Gasteiger charge is -2.46. The number of fused-ring (bicyclic) bond motifs is 2. The Morgan fingerprint density at radius 1 is 1.13 bits per heavy atom. The van der Waals surface area contributed by atoms with Gasteiger partial charge in [-0.2, -0.15) is 0 Å². The van der Waals surface area contributed by atoms with Crippen molar-refractivity contribution in [1.82, 2.24) is 20.5 Å². The van der Waals surface area contributed by atoms with E-state index in [4.69, 9.17) is 0 Å². The molecule has 0 aliphatic carbocycles.